The zero-order valence-corrected chi connectivity index (χ0v) is 19.0. The van der Waals surface area contributed by atoms with Crippen molar-refractivity contribution in [2.45, 2.75) is 23.8 Å². The standard InChI is InChI=1S/C21H20ClN3O4S2/c1-29-16-8-4-14(5-9-16)18-13-30-21(23-18)24-20(26)19-3-2-12-25(19)31(27,28)17-10-6-15(22)7-11-17/h4-11,13,19H,2-3,12H2,1H3,(H,23,24,26). The van der Waals surface area contributed by atoms with Crippen molar-refractivity contribution in [3.63, 3.8) is 0 Å². The summed E-state index contributed by atoms with van der Waals surface area (Å²) in [5.41, 5.74) is 1.62. The van der Waals surface area contributed by atoms with Crippen LogP contribution in [0.15, 0.2) is 58.8 Å². The van der Waals surface area contributed by atoms with Crippen LogP contribution in [0.25, 0.3) is 11.3 Å². The van der Waals surface area contributed by atoms with Gasteiger partial charge >= 0.3 is 0 Å². The third-order valence-corrected chi connectivity index (χ3v) is 7.98. The SMILES string of the molecule is COc1ccc(-c2csc(NC(=O)C3CCCN3S(=O)(=O)c3ccc(Cl)cc3)n2)cc1. The van der Waals surface area contributed by atoms with Crippen molar-refractivity contribution in [1.29, 1.82) is 0 Å². The summed E-state index contributed by atoms with van der Waals surface area (Å²) in [5, 5.41) is 5.49. The third kappa shape index (κ3) is 4.59. The number of sulfonamides is 1. The van der Waals surface area contributed by atoms with Gasteiger partial charge in [-0.3, -0.25) is 4.79 Å². The van der Waals surface area contributed by atoms with Gasteiger partial charge in [-0.15, -0.1) is 11.3 Å². The molecule has 0 spiro atoms. The number of nitrogens with zero attached hydrogens (tertiary/aromatic N) is 2. The Morgan fingerprint density at radius 2 is 1.90 bits per heavy atom. The van der Waals surface area contributed by atoms with Crippen molar-refractivity contribution in [2.24, 2.45) is 0 Å². The van der Waals surface area contributed by atoms with Crippen LogP contribution in [-0.2, 0) is 14.8 Å². The second-order valence-electron chi connectivity index (χ2n) is 6.98. The van der Waals surface area contributed by atoms with Crippen molar-refractivity contribution in [3.05, 3.63) is 58.9 Å². The number of amides is 1. The second kappa shape index (κ2) is 8.96. The number of hydrogen-bond donors (Lipinski definition) is 1. The average Bonchev–Trinajstić information content (AvgIpc) is 3.44. The summed E-state index contributed by atoms with van der Waals surface area (Å²) in [6.07, 6.45) is 1.06. The lowest BCUT2D eigenvalue weighted by Gasteiger charge is -2.23. The molecule has 2 aromatic carbocycles. The van der Waals surface area contributed by atoms with Gasteiger partial charge in [0.25, 0.3) is 0 Å². The summed E-state index contributed by atoms with van der Waals surface area (Å²) in [7, 11) is -2.20. The topological polar surface area (TPSA) is 88.6 Å². The van der Waals surface area contributed by atoms with Gasteiger partial charge in [0.15, 0.2) is 5.13 Å². The molecule has 0 saturated carbocycles. The van der Waals surface area contributed by atoms with Crippen LogP contribution in [0.1, 0.15) is 12.8 Å². The molecule has 1 saturated heterocycles. The first-order valence-electron chi connectivity index (χ1n) is 9.57. The van der Waals surface area contributed by atoms with Gasteiger partial charge in [0.2, 0.25) is 15.9 Å². The number of methoxy groups -OCH3 is 1. The maximum atomic E-state index is 13.0. The van der Waals surface area contributed by atoms with Crippen molar-refractivity contribution in [1.82, 2.24) is 9.29 Å². The molecular weight excluding hydrogens is 458 g/mol. The predicted octanol–water partition coefficient (Wildman–Crippen LogP) is 4.26. The van der Waals surface area contributed by atoms with Gasteiger partial charge in [0.05, 0.1) is 17.7 Å². The Morgan fingerprint density at radius 3 is 2.58 bits per heavy atom. The Morgan fingerprint density at radius 1 is 1.19 bits per heavy atom. The van der Waals surface area contributed by atoms with Crippen molar-refractivity contribution in [2.75, 3.05) is 19.0 Å². The molecule has 4 rings (SSSR count). The summed E-state index contributed by atoms with van der Waals surface area (Å²) in [5.74, 6) is 0.362. The van der Waals surface area contributed by atoms with E-state index in [4.69, 9.17) is 16.3 Å². The molecule has 2 heterocycles. The van der Waals surface area contributed by atoms with E-state index >= 15 is 0 Å². The molecule has 10 heteroatoms. The Hall–Kier alpha value is -2.46. The van der Waals surface area contributed by atoms with Crippen LogP contribution in [0.5, 0.6) is 5.75 Å². The van der Waals surface area contributed by atoms with Gasteiger partial charge in [-0.05, 0) is 61.4 Å². The van der Waals surface area contributed by atoms with Gasteiger partial charge in [-0.1, -0.05) is 11.6 Å². The summed E-state index contributed by atoms with van der Waals surface area (Å²) in [4.78, 5) is 17.5. The summed E-state index contributed by atoms with van der Waals surface area (Å²) >= 11 is 7.16. The first-order chi connectivity index (χ1) is 14.9. The van der Waals surface area contributed by atoms with E-state index in [1.807, 2.05) is 29.6 Å². The normalized spacial score (nSPS) is 16.9. The molecule has 0 bridgehead atoms. The number of ether oxygens (including phenoxy) is 1. The molecule has 1 aliphatic rings. The fourth-order valence-electron chi connectivity index (χ4n) is 3.45. The van der Waals surface area contributed by atoms with E-state index in [0.717, 1.165) is 17.0 Å². The largest absolute Gasteiger partial charge is 0.497 e. The molecule has 1 fully saturated rings. The first-order valence-corrected chi connectivity index (χ1v) is 12.3. The molecule has 1 N–H and O–H groups in total. The zero-order chi connectivity index (χ0) is 22.0. The molecule has 162 valence electrons. The van der Waals surface area contributed by atoms with Gasteiger partial charge in [-0.2, -0.15) is 4.31 Å². The number of nitrogens with one attached hydrogen (secondary N) is 1. The lowest BCUT2D eigenvalue weighted by molar-refractivity contribution is -0.119. The minimum atomic E-state index is -3.80. The Labute approximate surface area is 189 Å². The lowest BCUT2D eigenvalue weighted by Crippen LogP contribution is -2.43. The van der Waals surface area contributed by atoms with Crippen LogP contribution in [0.4, 0.5) is 5.13 Å². The van der Waals surface area contributed by atoms with Gasteiger partial charge in [0.1, 0.15) is 11.8 Å². The molecule has 7 nitrogen and oxygen atoms in total. The highest BCUT2D eigenvalue weighted by atomic mass is 35.5. The number of hydrogen-bond acceptors (Lipinski definition) is 6. The summed E-state index contributed by atoms with van der Waals surface area (Å²) in [6, 6.07) is 12.6. The molecule has 1 aromatic heterocycles. The second-order valence-corrected chi connectivity index (χ2v) is 10.2. The number of benzene rings is 2. The fourth-order valence-corrected chi connectivity index (χ4v) is 5.95. The molecule has 1 unspecified atom stereocenters. The van der Waals surface area contributed by atoms with E-state index in [-0.39, 0.29) is 17.3 Å². The van der Waals surface area contributed by atoms with Crippen LogP contribution in [0, 0.1) is 0 Å². The molecule has 0 aliphatic carbocycles. The summed E-state index contributed by atoms with van der Waals surface area (Å²) < 4.78 is 32.5. The van der Waals surface area contributed by atoms with Crippen molar-refractivity contribution < 1.29 is 17.9 Å². The molecule has 3 aromatic rings. The number of halogens is 1. The minimum absolute atomic E-state index is 0.118. The molecule has 1 amide bonds. The molecule has 0 radical (unpaired) electrons. The smallest absolute Gasteiger partial charge is 0.244 e. The van der Waals surface area contributed by atoms with Gasteiger partial charge in [-0.25, -0.2) is 13.4 Å². The highest BCUT2D eigenvalue weighted by molar-refractivity contribution is 7.89. The van der Waals surface area contributed by atoms with Crippen LogP contribution < -0.4 is 10.1 Å². The molecule has 1 aliphatic heterocycles. The molecular formula is C21H20ClN3O4S2. The first kappa shape index (κ1) is 21.8. The highest BCUT2D eigenvalue weighted by Gasteiger charge is 2.39. The Kier molecular flexibility index (Phi) is 6.29. The molecule has 1 atom stereocenters. The van der Waals surface area contributed by atoms with Crippen molar-refractivity contribution in [3.8, 4) is 17.0 Å². The third-order valence-electron chi connectivity index (χ3n) is 5.05. The van der Waals surface area contributed by atoms with Crippen LogP contribution >= 0.6 is 22.9 Å². The van der Waals surface area contributed by atoms with Crippen LogP contribution in [0.2, 0.25) is 5.02 Å². The minimum Gasteiger partial charge on any atom is -0.497 e. The van der Waals surface area contributed by atoms with E-state index in [9.17, 15) is 13.2 Å². The zero-order valence-electron chi connectivity index (χ0n) is 16.6. The number of rotatable bonds is 6. The van der Waals surface area contributed by atoms with Gasteiger partial charge in [0, 0.05) is 22.5 Å². The van der Waals surface area contributed by atoms with Gasteiger partial charge < -0.3 is 10.1 Å². The predicted molar refractivity (Wildman–Crippen MR) is 121 cm³/mol. The van der Waals surface area contributed by atoms with Crippen molar-refractivity contribution >= 4 is 44.0 Å². The van der Waals surface area contributed by atoms with E-state index in [0.29, 0.717) is 23.0 Å². The van der Waals surface area contributed by atoms with E-state index in [2.05, 4.69) is 10.3 Å². The average molecular weight is 478 g/mol. The monoisotopic (exact) mass is 477 g/mol. The Bertz CT molecular complexity index is 1180. The maximum absolute atomic E-state index is 13.0. The van der Waals surface area contributed by atoms with E-state index < -0.39 is 16.1 Å². The maximum Gasteiger partial charge on any atom is 0.244 e. The van der Waals surface area contributed by atoms with Crippen LogP contribution in [-0.4, -0.2) is 43.3 Å². The number of aromatic nitrogens is 1. The summed E-state index contributed by atoms with van der Waals surface area (Å²) in [6.45, 7) is 0.290. The number of anilines is 1. The lowest BCUT2D eigenvalue weighted by atomic mass is 10.2. The highest BCUT2D eigenvalue weighted by Crippen LogP contribution is 2.30. The van der Waals surface area contributed by atoms with E-state index in [1.165, 1.54) is 39.9 Å². The number of carbonyl (C=O) groups excluding carboxylic acids is 1. The number of thiazole rings is 1. The quantitative estimate of drug-likeness (QED) is 0.573. The van der Waals surface area contributed by atoms with E-state index in [1.54, 1.807) is 7.11 Å². The Balaban J connectivity index is 1.49. The van der Waals surface area contributed by atoms with Crippen LogP contribution in [0.3, 0.4) is 0 Å². The fraction of sp³-hybridized carbons (Fsp3) is 0.238. The number of carbonyl (C=O) groups is 1. The molecule has 31 heavy (non-hydrogen) atoms.